The number of nitrogens with one attached hydrogen (secondary N) is 2. The van der Waals surface area contributed by atoms with E-state index in [2.05, 4.69) is 15.2 Å². The number of nitrogens with zero attached hydrogens (tertiary/aromatic N) is 1. The molecule has 2 N–H and O–H groups in total. The van der Waals surface area contributed by atoms with Gasteiger partial charge in [0.15, 0.2) is 5.76 Å². The van der Waals surface area contributed by atoms with E-state index in [1.807, 2.05) is 49.4 Å². The van der Waals surface area contributed by atoms with Crippen LogP contribution in [-0.4, -0.2) is 25.5 Å². The Kier molecular flexibility index (Phi) is 5.53. The Morgan fingerprint density at radius 1 is 1.07 bits per heavy atom. The summed E-state index contributed by atoms with van der Waals surface area (Å²) in [7, 11) is -3.92. The van der Waals surface area contributed by atoms with Gasteiger partial charge < -0.3 is 9.84 Å². The van der Waals surface area contributed by atoms with Crippen LogP contribution in [0.25, 0.3) is 10.8 Å². The van der Waals surface area contributed by atoms with Gasteiger partial charge in [0.2, 0.25) is 15.9 Å². The monoisotopic (exact) mass is 401 g/mol. The third kappa shape index (κ3) is 3.93. The Morgan fingerprint density at radius 2 is 1.75 bits per heavy atom. The number of benzene rings is 2. The molecule has 2 atom stereocenters. The van der Waals surface area contributed by atoms with Gasteiger partial charge in [-0.05, 0) is 44.0 Å². The fourth-order valence-corrected chi connectivity index (χ4v) is 4.78. The summed E-state index contributed by atoms with van der Waals surface area (Å²) in [6, 6.07) is 12.6. The quantitative estimate of drug-likeness (QED) is 0.661. The number of aromatic nitrogens is 1. The first-order valence-electron chi connectivity index (χ1n) is 8.94. The zero-order valence-electron chi connectivity index (χ0n) is 16.2. The van der Waals surface area contributed by atoms with Crippen molar-refractivity contribution in [2.45, 2.75) is 44.7 Å². The molecule has 0 bridgehead atoms. The number of sulfonamides is 1. The Labute approximate surface area is 164 Å². The van der Waals surface area contributed by atoms with Gasteiger partial charge in [0.05, 0.1) is 12.1 Å². The topological polar surface area (TPSA) is 101 Å². The molecule has 3 rings (SSSR count). The fourth-order valence-electron chi connectivity index (χ4n) is 3.25. The van der Waals surface area contributed by atoms with Crippen molar-refractivity contribution in [2.75, 3.05) is 0 Å². The van der Waals surface area contributed by atoms with Crippen molar-refractivity contribution in [3.8, 4) is 0 Å². The van der Waals surface area contributed by atoms with Gasteiger partial charge in [0.1, 0.15) is 10.6 Å². The Morgan fingerprint density at radius 3 is 2.43 bits per heavy atom. The zero-order chi connectivity index (χ0) is 20.5. The van der Waals surface area contributed by atoms with Crippen LogP contribution in [0.2, 0.25) is 0 Å². The summed E-state index contributed by atoms with van der Waals surface area (Å²) in [6.07, 6.45) is 0. The van der Waals surface area contributed by atoms with Crippen molar-refractivity contribution >= 4 is 26.7 Å². The van der Waals surface area contributed by atoms with E-state index in [-0.39, 0.29) is 22.4 Å². The molecule has 0 fully saturated rings. The van der Waals surface area contributed by atoms with Gasteiger partial charge in [-0.1, -0.05) is 47.6 Å². The summed E-state index contributed by atoms with van der Waals surface area (Å²) >= 11 is 0. The van der Waals surface area contributed by atoms with E-state index in [1.54, 1.807) is 6.92 Å². The van der Waals surface area contributed by atoms with E-state index in [4.69, 9.17) is 4.52 Å². The minimum atomic E-state index is -3.92. The molecule has 0 saturated carbocycles. The third-order valence-electron chi connectivity index (χ3n) is 4.61. The van der Waals surface area contributed by atoms with Gasteiger partial charge in [0.25, 0.3) is 0 Å². The minimum Gasteiger partial charge on any atom is -0.360 e. The maximum Gasteiger partial charge on any atom is 0.246 e. The number of hydrogen-bond donors (Lipinski definition) is 2. The molecule has 8 heteroatoms. The molecule has 0 spiro atoms. The van der Waals surface area contributed by atoms with Crippen LogP contribution < -0.4 is 10.0 Å². The molecule has 0 unspecified atom stereocenters. The molecule has 0 aliphatic heterocycles. The highest BCUT2D eigenvalue weighted by molar-refractivity contribution is 7.89. The van der Waals surface area contributed by atoms with Crippen LogP contribution in [0.5, 0.6) is 0 Å². The van der Waals surface area contributed by atoms with Gasteiger partial charge in [0, 0.05) is 0 Å². The summed E-state index contributed by atoms with van der Waals surface area (Å²) in [5.74, 6) is -0.238. The Balaban J connectivity index is 1.75. The zero-order valence-corrected chi connectivity index (χ0v) is 17.0. The van der Waals surface area contributed by atoms with Crippen molar-refractivity contribution < 1.29 is 17.7 Å². The van der Waals surface area contributed by atoms with Crippen molar-refractivity contribution in [3.05, 3.63) is 59.5 Å². The highest BCUT2D eigenvalue weighted by atomic mass is 32.2. The lowest BCUT2D eigenvalue weighted by molar-refractivity contribution is -0.123. The van der Waals surface area contributed by atoms with Gasteiger partial charge >= 0.3 is 0 Å². The van der Waals surface area contributed by atoms with Crippen LogP contribution in [0.15, 0.2) is 51.9 Å². The maximum absolute atomic E-state index is 12.6. The maximum atomic E-state index is 12.6. The molecular weight excluding hydrogens is 378 g/mol. The molecular formula is C20H23N3O4S. The lowest BCUT2D eigenvalue weighted by Gasteiger charge is -2.20. The smallest absolute Gasteiger partial charge is 0.246 e. The second kappa shape index (κ2) is 7.73. The first kappa shape index (κ1) is 20.0. The summed E-state index contributed by atoms with van der Waals surface area (Å²) in [5.41, 5.74) is 1.22. The first-order valence-corrected chi connectivity index (χ1v) is 10.4. The van der Waals surface area contributed by atoms with E-state index >= 15 is 0 Å². The average Bonchev–Trinajstić information content (AvgIpc) is 2.99. The number of amides is 1. The predicted octanol–water partition coefficient (Wildman–Crippen LogP) is 2.99. The number of carbonyl (C=O) groups excluding carboxylic acids is 1. The van der Waals surface area contributed by atoms with Crippen molar-refractivity contribution in [2.24, 2.45) is 0 Å². The largest absolute Gasteiger partial charge is 0.360 e. The third-order valence-corrected chi connectivity index (χ3v) is 6.39. The number of fused-ring (bicyclic) bond motifs is 1. The van der Waals surface area contributed by atoms with E-state index in [0.717, 1.165) is 16.3 Å². The summed E-state index contributed by atoms with van der Waals surface area (Å²) in [6.45, 7) is 6.43. The molecule has 0 aliphatic rings. The van der Waals surface area contributed by atoms with E-state index in [1.165, 1.54) is 13.8 Å². The lowest BCUT2D eigenvalue weighted by Crippen LogP contribution is -2.45. The summed E-state index contributed by atoms with van der Waals surface area (Å²) < 4.78 is 32.5. The second-order valence-corrected chi connectivity index (χ2v) is 8.45. The first-order chi connectivity index (χ1) is 13.2. The normalized spacial score (nSPS) is 14.0. The van der Waals surface area contributed by atoms with Gasteiger partial charge in [-0.2, -0.15) is 4.72 Å². The van der Waals surface area contributed by atoms with Crippen molar-refractivity contribution in [1.82, 2.24) is 15.2 Å². The predicted molar refractivity (Wildman–Crippen MR) is 106 cm³/mol. The number of aryl methyl sites for hydroxylation is 2. The molecule has 3 aromatic rings. The molecule has 0 saturated heterocycles. The molecule has 28 heavy (non-hydrogen) atoms. The molecule has 0 radical (unpaired) electrons. The van der Waals surface area contributed by atoms with Crippen LogP contribution >= 0.6 is 0 Å². The summed E-state index contributed by atoms with van der Waals surface area (Å²) in [4.78, 5) is 12.6. The highest BCUT2D eigenvalue weighted by Crippen LogP contribution is 2.24. The standard InChI is InChI=1S/C20H23N3O4S/c1-12(17-11-7-9-16-8-5-6-10-18(16)17)21-20(24)14(3)23-28(25,26)19-13(2)22-27-15(19)4/h5-12,14,23H,1-4H3,(H,21,24)/t12-,14+/m0/s1. The molecule has 0 aliphatic carbocycles. The molecule has 2 aromatic carbocycles. The summed E-state index contributed by atoms with van der Waals surface area (Å²) in [5, 5.41) is 8.66. The molecule has 1 amide bonds. The van der Waals surface area contributed by atoms with Crippen LogP contribution in [0, 0.1) is 13.8 Å². The van der Waals surface area contributed by atoms with E-state index in [0.29, 0.717) is 0 Å². The lowest BCUT2D eigenvalue weighted by atomic mass is 9.99. The average molecular weight is 401 g/mol. The number of rotatable bonds is 6. The van der Waals surface area contributed by atoms with Gasteiger partial charge in [-0.15, -0.1) is 0 Å². The SMILES string of the molecule is Cc1noc(C)c1S(=O)(=O)N[C@H](C)C(=O)N[C@@H](C)c1cccc2ccccc12. The van der Waals surface area contributed by atoms with Crippen LogP contribution in [0.3, 0.4) is 0 Å². The van der Waals surface area contributed by atoms with Crippen LogP contribution in [0.4, 0.5) is 0 Å². The van der Waals surface area contributed by atoms with E-state index in [9.17, 15) is 13.2 Å². The molecule has 7 nitrogen and oxygen atoms in total. The number of hydrogen-bond acceptors (Lipinski definition) is 5. The Bertz CT molecular complexity index is 1100. The van der Waals surface area contributed by atoms with Crippen molar-refractivity contribution in [1.29, 1.82) is 0 Å². The van der Waals surface area contributed by atoms with Crippen molar-refractivity contribution in [3.63, 3.8) is 0 Å². The highest BCUT2D eigenvalue weighted by Gasteiger charge is 2.28. The van der Waals surface area contributed by atoms with Gasteiger partial charge in [-0.25, -0.2) is 8.42 Å². The minimum absolute atomic E-state index is 0.0331. The second-order valence-electron chi connectivity index (χ2n) is 6.79. The molecule has 1 aromatic heterocycles. The Hall–Kier alpha value is -2.71. The fraction of sp³-hybridized carbons (Fsp3) is 0.300. The molecule has 148 valence electrons. The van der Waals surface area contributed by atoms with Gasteiger partial charge in [-0.3, -0.25) is 4.79 Å². The van der Waals surface area contributed by atoms with E-state index < -0.39 is 22.0 Å². The van der Waals surface area contributed by atoms with Crippen LogP contribution in [-0.2, 0) is 14.8 Å². The molecule has 1 heterocycles. The van der Waals surface area contributed by atoms with Crippen LogP contribution in [0.1, 0.15) is 36.9 Å². The number of carbonyl (C=O) groups is 1.